The van der Waals surface area contributed by atoms with Crippen LogP contribution in [0.1, 0.15) is 6.92 Å². The highest BCUT2D eigenvalue weighted by atomic mass is 79.9. The first-order valence-electron chi connectivity index (χ1n) is 3.92. The normalized spacial score (nSPS) is 9.64. The SMILES string of the molecule is CCO.Nc1[nH]nc2ncc(Br)nc12. The fourth-order valence-corrected chi connectivity index (χ4v) is 1.07. The number of H-pyrrole nitrogens is 1. The third-order valence-electron chi connectivity index (χ3n) is 1.26. The zero-order valence-corrected chi connectivity index (χ0v) is 9.11. The highest BCUT2D eigenvalue weighted by Gasteiger charge is 2.03. The number of aromatic amines is 1. The average Bonchev–Trinajstić information content (AvgIpc) is 2.49. The molecular weight excluding hydrogens is 250 g/mol. The lowest BCUT2D eigenvalue weighted by molar-refractivity contribution is 0.318. The molecule has 2 aromatic heterocycles. The molecule has 0 aromatic carbocycles. The van der Waals surface area contributed by atoms with Gasteiger partial charge in [-0.2, -0.15) is 5.10 Å². The predicted molar refractivity (Wildman–Crippen MR) is 56.6 cm³/mol. The van der Waals surface area contributed by atoms with Crippen LogP contribution in [0.3, 0.4) is 0 Å². The molecule has 6 nitrogen and oxygen atoms in total. The molecule has 0 aliphatic heterocycles. The Morgan fingerprint density at radius 3 is 2.93 bits per heavy atom. The zero-order chi connectivity index (χ0) is 10.6. The topological polar surface area (TPSA) is 101 Å². The Bertz CT molecular complexity index is 415. The van der Waals surface area contributed by atoms with Gasteiger partial charge in [0, 0.05) is 6.61 Å². The van der Waals surface area contributed by atoms with E-state index in [1.165, 1.54) is 0 Å². The van der Waals surface area contributed by atoms with E-state index in [0.29, 0.717) is 21.6 Å². The Labute approximate surface area is 88.7 Å². The van der Waals surface area contributed by atoms with E-state index in [9.17, 15) is 0 Å². The summed E-state index contributed by atoms with van der Waals surface area (Å²) in [5.41, 5.74) is 6.63. The van der Waals surface area contributed by atoms with E-state index in [0.717, 1.165) is 0 Å². The van der Waals surface area contributed by atoms with E-state index in [4.69, 9.17) is 10.8 Å². The molecule has 2 heterocycles. The third kappa shape index (κ3) is 2.39. The summed E-state index contributed by atoms with van der Waals surface area (Å²) in [6, 6.07) is 0. The first-order valence-corrected chi connectivity index (χ1v) is 4.71. The summed E-state index contributed by atoms with van der Waals surface area (Å²) in [5.74, 6) is 0.439. The van der Waals surface area contributed by atoms with Gasteiger partial charge >= 0.3 is 0 Å². The molecule has 2 rings (SSSR count). The summed E-state index contributed by atoms with van der Waals surface area (Å²) in [5, 5.41) is 14.0. The predicted octanol–water partition coefficient (Wildman–Crippen LogP) is 0.696. The van der Waals surface area contributed by atoms with E-state index in [2.05, 4.69) is 36.1 Å². The number of aliphatic hydroxyl groups excluding tert-OH is 1. The Hall–Kier alpha value is -1.21. The van der Waals surface area contributed by atoms with Crippen molar-refractivity contribution in [3.63, 3.8) is 0 Å². The molecule has 0 amide bonds. The van der Waals surface area contributed by atoms with Crippen molar-refractivity contribution in [2.24, 2.45) is 0 Å². The van der Waals surface area contributed by atoms with Crippen LogP contribution in [0.4, 0.5) is 5.82 Å². The van der Waals surface area contributed by atoms with Crippen molar-refractivity contribution < 1.29 is 5.11 Å². The molecular formula is C7H10BrN5O. The van der Waals surface area contributed by atoms with Crippen molar-refractivity contribution in [2.75, 3.05) is 12.3 Å². The highest BCUT2D eigenvalue weighted by molar-refractivity contribution is 9.10. The number of nitrogens with two attached hydrogens (primary N) is 1. The Kier molecular flexibility index (Phi) is 3.78. The minimum atomic E-state index is 0.250. The summed E-state index contributed by atoms with van der Waals surface area (Å²) in [6.45, 7) is 1.93. The van der Waals surface area contributed by atoms with E-state index in [1.807, 2.05) is 0 Å². The molecule has 7 heteroatoms. The van der Waals surface area contributed by atoms with E-state index >= 15 is 0 Å². The molecule has 2 aromatic rings. The van der Waals surface area contributed by atoms with Crippen LogP contribution in [-0.4, -0.2) is 31.9 Å². The molecule has 0 saturated carbocycles. The van der Waals surface area contributed by atoms with Gasteiger partial charge in [0.05, 0.1) is 6.20 Å². The van der Waals surface area contributed by atoms with Crippen molar-refractivity contribution in [3.05, 3.63) is 10.8 Å². The van der Waals surface area contributed by atoms with Crippen LogP contribution in [0.2, 0.25) is 0 Å². The van der Waals surface area contributed by atoms with Crippen LogP contribution in [0.15, 0.2) is 10.8 Å². The number of hydrogen-bond donors (Lipinski definition) is 3. The van der Waals surface area contributed by atoms with Crippen LogP contribution < -0.4 is 5.73 Å². The maximum Gasteiger partial charge on any atom is 0.201 e. The summed E-state index contributed by atoms with van der Waals surface area (Å²) in [4.78, 5) is 8.04. The van der Waals surface area contributed by atoms with Gasteiger partial charge in [0.1, 0.15) is 10.4 Å². The fraction of sp³-hybridized carbons (Fsp3) is 0.286. The van der Waals surface area contributed by atoms with Gasteiger partial charge in [-0.3, -0.25) is 5.10 Å². The van der Waals surface area contributed by atoms with Crippen molar-refractivity contribution >= 4 is 32.9 Å². The number of aliphatic hydroxyl groups is 1. The summed E-state index contributed by atoms with van der Waals surface area (Å²) in [7, 11) is 0. The number of fused-ring (bicyclic) bond motifs is 1. The molecule has 4 N–H and O–H groups in total. The number of nitrogens with one attached hydrogen (secondary N) is 1. The quantitative estimate of drug-likeness (QED) is 0.647. The number of rotatable bonds is 0. The molecule has 0 spiro atoms. The number of aromatic nitrogens is 4. The maximum absolute atomic E-state index is 7.57. The average molecular weight is 260 g/mol. The molecule has 0 aliphatic carbocycles. The standard InChI is InChI=1S/C5H4BrN5.C2H6O/c6-2-1-8-5-3(9-2)4(7)10-11-5;1-2-3/h1H,(H3,7,8,10,11);3H,2H2,1H3. The van der Waals surface area contributed by atoms with Crippen molar-refractivity contribution in [3.8, 4) is 0 Å². The molecule has 0 aliphatic rings. The third-order valence-corrected chi connectivity index (χ3v) is 1.64. The summed E-state index contributed by atoms with van der Waals surface area (Å²) < 4.78 is 0.651. The van der Waals surface area contributed by atoms with Gasteiger partial charge in [-0.15, -0.1) is 0 Å². The second-order valence-electron chi connectivity index (χ2n) is 2.32. The number of nitrogen functional groups attached to an aromatic ring is 1. The Morgan fingerprint density at radius 2 is 2.29 bits per heavy atom. The van der Waals surface area contributed by atoms with Crippen molar-refractivity contribution in [1.29, 1.82) is 0 Å². The molecule has 76 valence electrons. The molecule has 0 unspecified atom stereocenters. The maximum atomic E-state index is 7.57. The van der Waals surface area contributed by atoms with Crippen LogP contribution in [0.5, 0.6) is 0 Å². The molecule has 0 radical (unpaired) electrons. The van der Waals surface area contributed by atoms with Gasteiger partial charge in [0.2, 0.25) is 5.65 Å². The fourth-order valence-electron chi connectivity index (χ4n) is 0.790. The second kappa shape index (κ2) is 4.87. The molecule has 0 fully saturated rings. The van der Waals surface area contributed by atoms with Crippen LogP contribution in [0.25, 0.3) is 11.2 Å². The number of nitrogens with zero attached hydrogens (tertiary/aromatic N) is 3. The summed E-state index contributed by atoms with van der Waals surface area (Å²) in [6.07, 6.45) is 1.57. The Morgan fingerprint density at radius 1 is 1.64 bits per heavy atom. The first kappa shape index (κ1) is 10.9. The van der Waals surface area contributed by atoms with Gasteiger partial charge in [0.25, 0.3) is 0 Å². The second-order valence-corrected chi connectivity index (χ2v) is 3.13. The molecule has 0 atom stereocenters. The molecule has 14 heavy (non-hydrogen) atoms. The largest absolute Gasteiger partial charge is 0.397 e. The van der Waals surface area contributed by atoms with E-state index in [-0.39, 0.29) is 6.61 Å². The monoisotopic (exact) mass is 259 g/mol. The van der Waals surface area contributed by atoms with Gasteiger partial charge in [-0.1, -0.05) is 0 Å². The van der Waals surface area contributed by atoms with Crippen LogP contribution in [-0.2, 0) is 0 Å². The highest BCUT2D eigenvalue weighted by Crippen LogP contribution is 2.14. The van der Waals surface area contributed by atoms with E-state index < -0.39 is 0 Å². The van der Waals surface area contributed by atoms with Gasteiger partial charge in [0.15, 0.2) is 5.52 Å². The summed E-state index contributed by atoms with van der Waals surface area (Å²) >= 11 is 3.18. The van der Waals surface area contributed by atoms with Crippen LogP contribution >= 0.6 is 15.9 Å². The Balaban J connectivity index is 0.000000293. The van der Waals surface area contributed by atoms with Gasteiger partial charge < -0.3 is 10.8 Å². The van der Waals surface area contributed by atoms with Crippen molar-refractivity contribution in [2.45, 2.75) is 6.92 Å². The molecule has 0 bridgehead atoms. The number of anilines is 1. The molecule has 0 saturated heterocycles. The van der Waals surface area contributed by atoms with Crippen molar-refractivity contribution in [1.82, 2.24) is 20.2 Å². The van der Waals surface area contributed by atoms with Crippen LogP contribution in [0, 0.1) is 0 Å². The van der Waals surface area contributed by atoms with Gasteiger partial charge in [-0.05, 0) is 22.9 Å². The zero-order valence-electron chi connectivity index (χ0n) is 7.53. The lowest BCUT2D eigenvalue weighted by Crippen LogP contribution is -1.86. The van der Waals surface area contributed by atoms with E-state index in [1.54, 1.807) is 13.1 Å². The lowest BCUT2D eigenvalue weighted by atomic mass is 10.5. The first-order chi connectivity index (χ1) is 6.69. The smallest absolute Gasteiger partial charge is 0.201 e. The minimum absolute atomic E-state index is 0.250. The number of hydrogen-bond acceptors (Lipinski definition) is 5. The number of halogens is 1. The minimum Gasteiger partial charge on any atom is -0.397 e. The lowest BCUT2D eigenvalue weighted by Gasteiger charge is -1.88. The van der Waals surface area contributed by atoms with Gasteiger partial charge in [-0.25, -0.2) is 9.97 Å².